The molecule has 1 saturated heterocycles. The van der Waals surface area contributed by atoms with Crippen molar-refractivity contribution in [3.63, 3.8) is 0 Å². The second-order valence-corrected chi connectivity index (χ2v) is 9.04. The number of aliphatic hydroxyl groups excluding tert-OH is 1. The van der Waals surface area contributed by atoms with Crippen molar-refractivity contribution < 1.29 is 19.4 Å². The fourth-order valence-electron chi connectivity index (χ4n) is 3.83. The standard InChI is InChI=1S/C24H29N5O4S/c1-3-25-23(31)28-19-6-4-5-18(11-19)22-32-20(13-34-24-26-14-27-29-24)15(2)21(33-22)17-9-7-16(12-30)8-10-17/h4-11,14-15,20-22,30H,3,12-13H2,1-2H3,(H2,25,28,31)(H,26,27,29). The molecule has 0 spiro atoms. The van der Waals surface area contributed by atoms with Gasteiger partial charge in [-0.05, 0) is 30.2 Å². The number of hydrogen-bond acceptors (Lipinski definition) is 7. The Balaban J connectivity index is 1.57. The van der Waals surface area contributed by atoms with Crippen LogP contribution in [0, 0.1) is 5.92 Å². The fourth-order valence-corrected chi connectivity index (χ4v) is 4.78. The number of nitrogens with one attached hydrogen (secondary N) is 3. The summed E-state index contributed by atoms with van der Waals surface area (Å²) >= 11 is 1.55. The zero-order valence-electron chi connectivity index (χ0n) is 19.1. The molecule has 4 atom stereocenters. The van der Waals surface area contributed by atoms with Crippen molar-refractivity contribution in [3.05, 3.63) is 71.5 Å². The van der Waals surface area contributed by atoms with E-state index in [1.165, 1.54) is 6.33 Å². The number of H-pyrrole nitrogens is 1. The number of aromatic amines is 1. The van der Waals surface area contributed by atoms with Crippen LogP contribution in [0.15, 0.2) is 60.0 Å². The summed E-state index contributed by atoms with van der Waals surface area (Å²) in [6.45, 7) is 4.51. The fraction of sp³-hybridized carbons (Fsp3) is 0.375. The number of carbonyl (C=O) groups is 1. The van der Waals surface area contributed by atoms with Gasteiger partial charge in [0.05, 0.1) is 18.8 Å². The van der Waals surface area contributed by atoms with Gasteiger partial charge in [-0.15, -0.1) is 0 Å². The van der Waals surface area contributed by atoms with Crippen molar-refractivity contribution in [2.45, 2.75) is 44.1 Å². The Hall–Kier alpha value is -2.92. The third kappa shape index (κ3) is 5.95. The lowest BCUT2D eigenvalue weighted by Gasteiger charge is -2.41. The molecule has 0 bridgehead atoms. The molecule has 0 saturated carbocycles. The van der Waals surface area contributed by atoms with Gasteiger partial charge in [-0.3, -0.25) is 5.10 Å². The van der Waals surface area contributed by atoms with Crippen LogP contribution in [-0.2, 0) is 16.1 Å². The predicted octanol–water partition coefficient (Wildman–Crippen LogP) is 4.02. The summed E-state index contributed by atoms with van der Waals surface area (Å²) < 4.78 is 12.9. The molecular formula is C24H29N5O4S. The lowest BCUT2D eigenvalue weighted by atomic mass is 9.91. The Morgan fingerprint density at radius 3 is 2.71 bits per heavy atom. The van der Waals surface area contributed by atoms with E-state index in [1.807, 2.05) is 55.5 Å². The molecule has 2 aromatic carbocycles. The summed E-state index contributed by atoms with van der Waals surface area (Å²) in [4.78, 5) is 16.2. The Labute approximate surface area is 202 Å². The van der Waals surface area contributed by atoms with Crippen LogP contribution in [0.4, 0.5) is 10.5 Å². The van der Waals surface area contributed by atoms with E-state index in [-0.39, 0.29) is 30.8 Å². The van der Waals surface area contributed by atoms with E-state index < -0.39 is 6.29 Å². The lowest BCUT2D eigenvalue weighted by Crippen LogP contribution is -2.38. The van der Waals surface area contributed by atoms with Crippen LogP contribution in [0.5, 0.6) is 0 Å². The van der Waals surface area contributed by atoms with Crippen LogP contribution in [0.1, 0.15) is 42.9 Å². The first-order chi connectivity index (χ1) is 16.6. The SMILES string of the molecule is CCNC(=O)Nc1cccc(C2OC(CSc3ncn[nH]3)C(C)C(c3ccc(CO)cc3)O2)c1. The molecule has 4 rings (SSSR count). The molecule has 2 amide bonds. The number of urea groups is 1. The summed E-state index contributed by atoms with van der Waals surface area (Å²) in [6, 6.07) is 15.0. The summed E-state index contributed by atoms with van der Waals surface area (Å²) in [7, 11) is 0. The molecule has 1 aliphatic rings. The smallest absolute Gasteiger partial charge is 0.319 e. The molecule has 3 aromatic rings. The maximum absolute atomic E-state index is 12.0. The minimum atomic E-state index is -0.616. The van der Waals surface area contributed by atoms with Crippen molar-refractivity contribution in [2.75, 3.05) is 17.6 Å². The van der Waals surface area contributed by atoms with Gasteiger partial charge in [0.15, 0.2) is 11.4 Å². The highest BCUT2D eigenvalue weighted by Gasteiger charge is 2.38. The number of aromatic nitrogens is 3. The molecule has 2 heterocycles. The monoisotopic (exact) mass is 483 g/mol. The van der Waals surface area contributed by atoms with Crippen LogP contribution in [0.25, 0.3) is 0 Å². The van der Waals surface area contributed by atoms with E-state index in [0.29, 0.717) is 18.0 Å². The van der Waals surface area contributed by atoms with Crippen molar-refractivity contribution in [3.8, 4) is 0 Å². The van der Waals surface area contributed by atoms with Crippen molar-refractivity contribution >= 4 is 23.5 Å². The molecule has 10 heteroatoms. The first-order valence-corrected chi connectivity index (χ1v) is 12.2. The molecule has 34 heavy (non-hydrogen) atoms. The first kappa shape index (κ1) is 24.2. The zero-order valence-corrected chi connectivity index (χ0v) is 19.9. The number of anilines is 1. The Kier molecular flexibility index (Phi) is 8.17. The number of carbonyl (C=O) groups excluding carboxylic acids is 1. The molecule has 4 N–H and O–H groups in total. The average Bonchev–Trinajstić information content (AvgIpc) is 3.37. The van der Waals surface area contributed by atoms with Crippen LogP contribution < -0.4 is 10.6 Å². The van der Waals surface area contributed by atoms with Crippen LogP contribution in [-0.4, -0.2) is 44.7 Å². The molecular weight excluding hydrogens is 454 g/mol. The first-order valence-electron chi connectivity index (χ1n) is 11.2. The Morgan fingerprint density at radius 2 is 2.00 bits per heavy atom. The second kappa shape index (κ2) is 11.5. The van der Waals surface area contributed by atoms with Crippen molar-refractivity contribution in [1.82, 2.24) is 20.5 Å². The van der Waals surface area contributed by atoms with Gasteiger partial charge in [0, 0.05) is 29.5 Å². The van der Waals surface area contributed by atoms with Gasteiger partial charge in [0.2, 0.25) is 0 Å². The van der Waals surface area contributed by atoms with E-state index in [0.717, 1.165) is 21.8 Å². The second-order valence-electron chi connectivity index (χ2n) is 8.03. The molecule has 1 fully saturated rings. The van der Waals surface area contributed by atoms with Crippen LogP contribution >= 0.6 is 11.8 Å². The minimum Gasteiger partial charge on any atom is -0.392 e. The van der Waals surface area contributed by atoms with Crippen molar-refractivity contribution in [1.29, 1.82) is 0 Å². The van der Waals surface area contributed by atoms with Crippen LogP contribution in [0.2, 0.25) is 0 Å². The van der Waals surface area contributed by atoms with Gasteiger partial charge in [-0.2, -0.15) is 5.10 Å². The largest absolute Gasteiger partial charge is 0.392 e. The number of aliphatic hydroxyl groups is 1. The summed E-state index contributed by atoms with van der Waals surface area (Å²) in [5.74, 6) is 0.724. The molecule has 0 aliphatic carbocycles. The topological polar surface area (TPSA) is 121 Å². The Bertz CT molecular complexity index is 1060. The van der Waals surface area contributed by atoms with E-state index in [1.54, 1.807) is 11.8 Å². The van der Waals surface area contributed by atoms with Crippen LogP contribution in [0.3, 0.4) is 0 Å². The number of amides is 2. The Morgan fingerprint density at radius 1 is 1.18 bits per heavy atom. The minimum absolute atomic E-state index is 0.00502. The lowest BCUT2D eigenvalue weighted by molar-refractivity contribution is -0.268. The van der Waals surface area contributed by atoms with Gasteiger partial charge in [-0.1, -0.05) is 55.1 Å². The molecule has 9 nitrogen and oxygen atoms in total. The van der Waals surface area contributed by atoms with E-state index >= 15 is 0 Å². The van der Waals surface area contributed by atoms with E-state index in [4.69, 9.17) is 9.47 Å². The highest BCUT2D eigenvalue weighted by Crippen LogP contribution is 2.43. The number of rotatable bonds is 8. The molecule has 180 valence electrons. The zero-order chi connectivity index (χ0) is 23.9. The molecule has 1 aliphatic heterocycles. The summed E-state index contributed by atoms with van der Waals surface area (Å²) in [5.41, 5.74) is 3.34. The van der Waals surface area contributed by atoms with Gasteiger partial charge in [0.25, 0.3) is 0 Å². The van der Waals surface area contributed by atoms with Crippen molar-refractivity contribution in [2.24, 2.45) is 5.92 Å². The van der Waals surface area contributed by atoms with Gasteiger partial charge >= 0.3 is 6.03 Å². The maximum atomic E-state index is 12.0. The predicted molar refractivity (Wildman–Crippen MR) is 129 cm³/mol. The number of thioether (sulfide) groups is 1. The van der Waals surface area contributed by atoms with E-state index in [2.05, 4.69) is 32.7 Å². The normalized spacial score (nSPS) is 22.3. The number of ether oxygens (including phenoxy) is 2. The third-order valence-corrected chi connectivity index (χ3v) is 6.62. The van der Waals surface area contributed by atoms with Gasteiger partial charge < -0.3 is 25.2 Å². The number of hydrogen-bond donors (Lipinski definition) is 4. The van der Waals surface area contributed by atoms with Gasteiger partial charge in [0.1, 0.15) is 6.33 Å². The van der Waals surface area contributed by atoms with Gasteiger partial charge in [-0.25, -0.2) is 9.78 Å². The highest BCUT2D eigenvalue weighted by atomic mass is 32.2. The third-order valence-electron chi connectivity index (χ3n) is 5.65. The number of nitrogens with zero attached hydrogens (tertiary/aromatic N) is 2. The average molecular weight is 484 g/mol. The number of benzene rings is 2. The molecule has 4 unspecified atom stereocenters. The quantitative estimate of drug-likeness (QED) is 0.357. The maximum Gasteiger partial charge on any atom is 0.319 e. The van der Waals surface area contributed by atoms with E-state index in [9.17, 15) is 9.90 Å². The molecule has 1 aromatic heterocycles. The summed E-state index contributed by atoms with van der Waals surface area (Å²) in [5, 5.41) is 22.5. The highest BCUT2D eigenvalue weighted by molar-refractivity contribution is 7.99. The summed E-state index contributed by atoms with van der Waals surface area (Å²) in [6.07, 6.45) is 0.524. The molecule has 0 radical (unpaired) electrons.